The molecular formula is C5H3BrN4OS. The fourth-order valence-electron chi connectivity index (χ4n) is 0.866. The third-order valence-electron chi connectivity index (χ3n) is 1.33. The van der Waals surface area contributed by atoms with Crippen LogP contribution >= 0.6 is 27.3 Å². The summed E-state index contributed by atoms with van der Waals surface area (Å²) >= 11 is 4.60. The highest BCUT2D eigenvalue weighted by molar-refractivity contribution is 9.10. The van der Waals surface area contributed by atoms with Crippen LogP contribution in [0, 0.1) is 0 Å². The maximum atomic E-state index is 10.8. The Labute approximate surface area is 79.3 Å². The van der Waals surface area contributed by atoms with Crippen LogP contribution in [0.1, 0.15) is 0 Å². The van der Waals surface area contributed by atoms with Crippen molar-refractivity contribution in [2.24, 2.45) is 5.73 Å². The van der Waals surface area contributed by atoms with Crippen LogP contribution in [0.5, 0.6) is 0 Å². The number of carbonyl (C=O) groups is 1. The van der Waals surface area contributed by atoms with Crippen molar-refractivity contribution in [3.05, 3.63) is 10.1 Å². The molecule has 2 N–H and O–H groups in total. The molecule has 1 amide bonds. The molecule has 0 unspecified atom stereocenters. The van der Waals surface area contributed by atoms with Crippen LogP contribution in [-0.4, -0.2) is 20.8 Å². The summed E-state index contributed by atoms with van der Waals surface area (Å²) in [6.07, 6.45) is 0. The third kappa shape index (κ3) is 0.935. The second-order valence-corrected chi connectivity index (χ2v) is 3.65. The van der Waals surface area contributed by atoms with Crippen LogP contribution in [0.25, 0.3) is 10.3 Å². The minimum Gasteiger partial charge on any atom is -0.350 e. The van der Waals surface area contributed by atoms with E-state index in [2.05, 4.69) is 26.0 Å². The van der Waals surface area contributed by atoms with Crippen LogP contribution < -0.4 is 5.73 Å². The molecule has 0 spiro atoms. The molecule has 0 fully saturated rings. The lowest BCUT2D eigenvalue weighted by Crippen LogP contribution is -2.20. The van der Waals surface area contributed by atoms with Gasteiger partial charge in [0.25, 0.3) is 0 Å². The van der Waals surface area contributed by atoms with Gasteiger partial charge >= 0.3 is 6.03 Å². The molecule has 2 aromatic heterocycles. The fourth-order valence-corrected chi connectivity index (χ4v) is 2.12. The van der Waals surface area contributed by atoms with E-state index >= 15 is 0 Å². The molecule has 0 radical (unpaired) electrons. The van der Waals surface area contributed by atoms with Crippen LogP contribution in [0.15, 0.2) is 10.1 Å². The number of aromatic nitrogens is 3. The number of hydrogen-bond acceptors (Lipinski definition) is 4. The van der Waals surface area contributed by atoms with Gasteiger partial charge in [0.2, 0.25) is 0 Å². The molecule has 0 aliphatic rings. The fraction of sp³-hybridized carbons (Fsp3) is 0. The third-order valence-corrected chi connectivity index (χ3v) is 2.97. The predicted octanol–water partition coefficient (Wildman–Crippen LogP) is 1.18. The number of fused-ring (bicyclic) bond motifs is 1. The molecule has 62 valence electrons. The molecule has 0 bridgehead atoms. The molecule has 0 saturated carbocycles. The first-order valence-electron chi connectivity index (χ1n) is 2.97. The van der Waals surface area contributed by atoms with Gasteiger partial charge in [-0.2, -0.15) is 9.78 Å². The molecule has 0 saturated heterocycles. The molecule has 0 aromatic carbocycles. The molecule has 2 rings (SSSR count). The van der Waals surface area contributed by atoms with Gasteiger partial charge in [0.05, 0.1) is 5.51 Å². The number of nitrogens with two attached hydrogens (primary N) is 1. The zero-order chi connectivity index (χ0) is 8.72. The van der Waals surface area contributed by atoms with E-state index in [4.69, 9.17) is 5.73 Å². The Morgan fingerprint density at radius 1 is 1.75 bits per heavy atom. The minimum absolute atomic E-state index is 0.499. The molecule has 0 aliphatic heterocycles. The second-order valence-electron chi connectivity index (χ2n) is 2.05. The summed E-state index contributed by atoms with van der Waals surface area (Å²) in [6.45, 7) is 0. The standard InChI is InChI=1S/C5H3BrN4OS/c6-3-2-4(8-1-12-2)10(9-3)5(7)11/h1H,(H2,7,11). The summed E-state index contributed by atoms with van der Waals surface area (Å²) in [5.41, 5.74) is 7.19. The average Bonchev–Trinajstić information content (AvgIpc) is 2.53. The quantitative estimate of drug-likeness (QED) is 0.759. The van der Waals surface area contributed by atoms with Gasteiger partial charge in [0, 0.05) is 0 Å². The van der Waals surface area contributed by atoms with E-state index in [0.29, 0.717) is 10.3 Å². The lowest BCUT2D eigenvalue weighted by Gasteiger charge is -1.89. The molecular weight excluding hydrogens is 244 g/mol. The first kappa shape index (κ1) is 7.69. The van der Waals surface area contributed by atoms with Crippen molar-refractivity contribution in [3.63, 3.8) is 0 Å². The Morgan fingerprint density at radius 3 is 3.17 bits per heavy atom. The topological polar surface area (TPSA) is 73.8 Å². The van der Waals surface area contributed by atoms with Gasteiger partial charge in [0.1, 0.15) is 9.30 Å². The van der Waals surface area contributed by atoms with Gasteiger partial charge in [-0.3, -0.25) is 0 Å². The predicted molar refractivity (Wildman–Crippen MR) is 48.1 cm³/mol. The molecule has 0 atom stereocenters. The lowest BCUT2D eigenvalue weighted by molar-refractivity contribution is 0.248. The monoisotopic (exact) mass is 246 g/mol. The van der Waals surface area contributed by atoms with Crippen molar-refractivity contribution in [2.75, 3.05) is 0 Å². The molecule has 5 nitrogen and oxygen atoms in total. The average molecular weight is 247 g/mol. The first-order valence-corrected chi connectivity index (χ1v) is 4.65. The van der Waals surface area contributed by atoms with Gasteiger partial charge in [-0.05, 0) is 15.9 Å². The number of nitrogens with zero attached hydrogens (tertiary/aromatic N) is 3. The smallest absolute Gasteiger partial charge is 0.341 e. The number of carbonyl (C=O) groups excluding carboxylic acids is 1. The minimum atomic E-state index is -0.628. The summed E-state index contributed by atoms with van der Waals surface area (Å²) in [5.74, 6) is 0. The van der Waals surface area contributed by atoms with E-state index in [-0.39, 0.29) is 0 Å². The summed E-state index contributed by atoms with van der Waals surface area (Å²) in [4.78, 5) is 14.7. The summed E-state index contributed by atoms with van der Waals surface area (Å²) in [7, 11) is 0. The Kier molecular flexibility index (Phi) is 1.62. The number of amides is 1. The Morgan fingerprint density at radius 2 is 2.50 bits per heavy atom. The van der Waals surface area contributed by atoms with Gasteiger partial charge in [0.15, 0.2) is 5.65 Å². The SMILES string of the molecule is NC(=O)n1nc(Br)c2scnc21. The van der Waals surface area contributed by atoms with E-state index in [1.54, 1.807) is 5.51 Å². The second kappa shape index (κ2) is 2.53. The summed E-state index contributed by atoms with van der Waals surface area (Å²) < 4.78 is 2.49. The van der Waals surface area contributed by atoms with E-state index in [9.17, 15) is 4.79 Å². The van der Waals surface area contributed by atoms with Gasteiger partial charge in [-0.25, -0.2) is 9.78 Å². The number of primary amides is 1. The normalized spacial score (nSPS) is 10.8. The Bertz CT molecular complexity index is 447. The van der Waals surface area contributed by atoms with Gasteiger partial charge in [-0.15, -0.1) is 11.3 Å². The Balaban J connectivity index is 2.83. The van der Waals surface area contributed by atoms with Crippen LogP contribution in [0.2, 0.25) is 0 Å². The number of rotatable bonds is 0. The first-order chi connectivity index (χ1) is 5.70. The van der Waals surface area contributed by atoms with Gasteiger partial charge in [-0.1, -0.05) is 0 Å². The van der Waals surface area contributed by atoms with Crippen LogP contribution in [0.4, 0.5) is 4.79 Å². The molecule has 2 heterocycles. The highest BCUT2D eigenvalue weighted by Crippen LogP contribution is 2.25. The van der Waals surface area contributed by atoms with E-state index in [1.165, 1.54) is 11.3 Å². The van der Waals surface area contributed by atoms with Crippen molar-refractivity contribution in [1.82, 2.24) is 14.8 Å². The van der Waals surface area contributed by atoms with Crippen molar-refractivity contribution in [3.8, 4) is 0 Å². The van der Waals surface area contributed by atoms with Crippen molar-refractivity contribution in [2.45, 2.75) is 0 Å². The van der Waals surface area contributed by atoms with Gasteiger partial charge < -0.3 is 5.73 Å². The van der Waals surface area contributed by atoms with E-state index in [0.717, 1.165) is 9.38 Å². The van der Waals surface area contributed by atoms with Crippen molar-refractivity contribution >= 4 is 43.6 Å². The molecule has 2 aromatic rings. The summed E-state index contributed by atoms with van der Waals surface area (Å²) in [6, 6.07) is -0.628. The van der Waals surface area contributed by atoms with E-state index in [1.807, 2.05) is 0 Å². The zero-order valence-electron chi connectivity index (χ0n) is 5.69. The van der Waals surface area contributed by atoms with Crippen molar-refractivity contribution in [1.29, 1.82) is 0 Å². The van der Waals surface area contributed by atoms with Crippen LogP contribution in [0.3, 0.4) is 0 Å². The largest absolute Gasteiger partial charge is 0.350 e. The molecule has 12 heavy (non-hydrogen) atoms. The molecule has 0 aliphatic carbocycles. The lowest BCUT2D eigenvalue weighted by atomic mass is 10.7. The maximum Gasteiger partial charge on any atom is 0.341 e. The number of hydrogen-bond donors (Lipinski definition) is 1. The zero-order valence-corrected chi connectivity index (χ0v) is 8.09. The highest BCUT2D eigenvalue weighted by Gasteiger charge is 2.13. The van der Waals surface area contributed by atoms with Crippen LogP contribution in [-0.2, 0) is 0 Å². The number of thiazole rings is 1. The summed E-state index contributed by atoms with van der Waals surface area (Å²) in [5, 5.41) is 3.86. The maximum absolute atomic E-state index is 10.8. The van der Waals surface area contributed by atoms with Crippen molar-refractivity contribution < 1.29 is 4.79 Å². The number of halogens is 1. The molecule has 7 heteroatoms. The highest BCUT2D eigenvalue weighted by atomic mass is 79.9. The van der Waals surface area contributed by atoms with E-state index < -0.39 is 6.03 Å². The Hall–Kier alpha value is -0.950.